The van der Waals surface area contributed by atoms with Crippen LogP contribution in [0.25, 0.3) is 0 Å². The summed E-state index contributed by atoms with van der Waals surface area (Å²) in [4.78, 5) is 14.6. The number of fused-ring (bicyclic) bond motifs is 1. The van der Waals surface area contributed by atoms with Crippen LogP contribution < -0.4 is 5.32 Å². The number of hydrogen-bond donors (Lipinski definition) is 2. The molecule has 1 aromatic heterocycles. The lowest BCUT2D eigenvalue weighted by Crippen LogP contribution is -2.44. The zero-order chi connectivity index (χ0) is 14.8. The molecule has 2 N–H and O–H groups in total. The van der Waals surface area contributed by atoms with Gasteiger partial charge in [0.1, 0.15) is 0 Å². The van der Waals surface area contributed by atoms with Crippen molar-refractivity contribution < 1.29 is 9.90 Å². The molecule has 20 heavy (non-hydrogen) atoms. The molecule has 1 heterocycles. The summed E-state index contributed by atoms with van der Waals surface area (Å²) >= 11 is 1.64. The first-order chi connectivity index (χ1) is 9.41. The third kappa shape index (κ3) is 3.61. The zero-order valence-corrected chi connectivity index (χ0v) is 13.5. The molecule has 0 saturated carbocycles. The summed E-state index contributed by atoms with van der Waals surface area (Å²) in [7, 11) is 0. The minimum absolute atomic E-state index is 0.000807. The van der Waals surface area contributed by atoms with E-state index < -0.39 is 0 Å². The second kappa shape index (κ2) is 6.27. The number of nitrogens with one attached hydrogen (secondary N) is 1. The van der Waals surface area contributed by atoms with Gasteiger partial charge in [0.25, 0.3) is 5.91 Å². The molecule has 1 aromatic rings. The van der Waals surface area contributed by atoms with Crippen molar-refractivity contribution in [2.75, 3.05) is 6.61 Å². The van der Waals surface area contributed by atoms with Crippen molar-refractivity contribution in [1.82, 2.24) is 5.32 Å². The van der Waals surface area contributed by atoms with Gasteiger partial charge < -0.3 is 10.4 Å². The normalized spacial score (nSPS) is 16.6. The Morgan fingerprint density at radius 3 is 2.70 bits per heavy atom. The molecule has 1 atom stereocenters. The Bertz CT molecular complexity index is 450. The fraction of sp³-hybridized carbons (Fsp3) is 0.688. The van der Waals surface area contributed by atoms with Crippen molar-refractivity contribution >= 4 is 17.2 Å². The molecule has 1 aliphatic carbocycles. The van der Waals surface area contributed by atoms with E-state index in [1.54, 1.807) is 11.3 Å². The molecule has 0 saturated heterocycles. The van der Waals surface area contributed by atoms with Gasteiger partial charge in [-0.25, -0.2) is 0 Å². The maximum absolute atomic E-state index is 12.4. The molecule has 0 aromatic carbocycles. The van der Waals surface area contributed by atoms with Crippen molar-refractivity contribution in [3.8, 4) is 0 Å². The first-order valence-corrected chi connectivity index (χ1v) is 8.27. The van der Waals surface area contributed by atoms with E-state index in [2.05, 4.69) is 32.2 Å². The first-order valence-electron chi connectivity index (χ1n) is 7.45. The predicted octanol–water partition coefficient (Wildman–Crippen LogP) is 3.15. The second-order valence-corrected chi connectivity index (χ2v) is 7.81. The zero-order valence-electron chi connectivity index (χ0n) is 12.7. The van der Waals surface area contributed by atoms with Gasteiger partial charge in [-0.05, 0) is 49.1 Å². The Morgan fingerprint density at radius 2 is 2.10 bits per heavy atom. The second-order valence-electron chi connectivity index (χ2n) is 6.67. The molecule has 0 radical (unpaired) electrons. The van der Waals surface area contributed by atoms with Crippen LogP contribution in [0.4, 0.5) is 0 Å². The van der Waals surface area contributed by atoms with Crippen LogP contribution in [0.3, 0.4) is 0 Å². The fourth-order valence-corrected chi connectivity index (χ4v) is 3.84. The molecule has 112 valence electrons. The Hall–Kier alpha value is -0.870. The van der Waals surface area contributed by atoms with Crippen LogP contribution in [-0.4, -0.2) is 23.7 Å². The Kier molecular flexibility index (Phi) is 4.86. The van der Waals surface area contributed by atoms with Gasteiger partial charge in [0.15, 0.2) is 0 Å². The quantitative estimate of drug-likeness (QED) is 0.896. The third-order valence-corrected chi connectivity index (χ3v) is 5.22. The number of aliphatic hydroxyl groups excluding tert-OH is 1. The highest BCUT2D eigenvalue weighted by atomic mass is 32.1. The Labute approximate surface area is 125 Å². The number of rotatable bonds is 4. The van der Waals surface area contributed by atoms with Gasteiger partial charge in [-0.1, -0.05) is 20.8 Å². The molecule has 1 unspecified atom stereocenters. The number of amides is 1. The number of thiophene rings is 1. The van der Waals surface area contributed by atoms with Gasteiger partial charge in [0.2, 0.25) is 0 Å². The predicted molar refractivity (Wildman–Crippen MR) is 83.4 cm³/mol. The lowest BCUT2D eigenvalue weighted by molar-refractivity contribution is 0.0889. The Morgan fingerprint density at radius 1 is 1.40 bits per heavy atom. The summed E-state index contributed by atoms with van der Waals surface area (Å²) in [6.07, 6.45) is 5.30. The van der Waals surface area contributed by atoms with Crippen LogP contribution in [0.5, 0.6) is 0 Å². The summed E-state index contributed by atoms with van der Waals surface area (Å²) < 4.78 is 0. The first kappa shape index (κ1) is 15.5. The average Bonchev–Trinajstić information content (AvgIpc) is 2.80. The van der Waals surface area contributed by atoms with Crippen LogP contribution >= 0.6 is 11.3 Å². The van der Waals surface area contributed by atoms with E-state index in [4.69, 9.17) is 5.11 Å². The van der Waals surface area contributed by atoms with Gasteiger partial charge in [0.05, 0.1) is 4.88 Å². The minimum Gasteiger partial charge on any atom is -0.396 e. The SMILES string of the molecule is CC(C)(C)C(CCO)NC(=O)c1cc2c(s1)CCCC2. The highest BCUT2D eigenvalue weighted by Crippen LogP contribution is 2.30. The van der Waals surface area contributed by atoms with Crippen molar-refractivity contribution in [1.29, 1.82) is 0 Å². The van der Waals surface area contributed by atoms with E-state index >= 15 is 0 Å². The molecule has 4 heteroatoms. The van der Waals surface area contributed by atoms with Crippen molar-refractivity contribution in [2.24, 2.45) is 5.41 Å². The maximum Gasteiger partial charge on any atom is 0.261 e. The average molecular weight is 295 g/mol. The Balaban J connectivity index is 2.08. The molecule has 0 aliphatic heterocycles. The van der Waals surface area contributed by atoms with Crippen molar-refractivity contribution in [3.63, 3.8) is 0 Å². The third-order valence-electron chi connectivity index (χ3n) is 3.99. The lowest BCUT2D eigenvalue weighted by Gasteiger charge is -2.30. The van der Waals surface area contributed by atoms with E-state index in [1.807, 2.05) is 0 Å². The molecule has 0 fully saturated rings. The fourth-order valence-electron chi connectivity index (χ4n) is 2.68. The summed E-state index contributed by atoms with van der Waals surface area (Å²) in [6.45, 7) is 6.37. The van der Waals surface area contributed by atoms with Crippen LogP contribution in [-0.2, 0) is 12.8 Å². The molecular weight excluding hydrogens is 270 g/mol. The molecule has 1 aliphatic rings. The number of hydrogen-bond acceptors (Lipinski definition) is 3. The highest BCUT2D eigenvalue weighted by Gasteiger charge is 2.27. The number of aliphatic hydroxyl groups is 1. The maximum atomic E-state index is 12.4. The topological polar surface area (TPSA) is 49.3 Å². The van der Waals surface area contributed by atoms with Gasteiger partial charge in [-0.15, -0.1) is 11.3 Å². The molecular formula is C16H25NO2S. The van der Waals surface area contributed by atoms with Crippen molar-refractivity contribution in [3.05, 3.63) is 21.4 Å². The number of carbonyl (C=O) groups is 1. The van der Waals surface area contributed by atoms with E-state index in [9.17, 15) is 4.79 Å². The highest BCUT2D eigenvalue weighted by molar-refractivity contribution is 7.14. The summed E-state index contributed by atoms with van der Waals surface area (Å²) in [6, 6.07) is 2.06. The lowest BCUT2D eigenvalue weighted by atomic mass is 9.85. The van der Waals surface area contributed by atoms with Crippen LogP contribution in [0.2, 0.25) is 0 Å². The molecule has 0 bridgehead atoms. The van der Waals surface area contributed by atoms with E-state index in [1.165, 1.54) is 23.3 Å². The summed E-state index contributed by atoms with van der Waals surface area (Å²) in [5.74, 6) is 0.0118. The number of carbonyl (C=O) groups excluding carboxylic acids is 1. The van der Waals surface area contributed by atoms with Gasteiger partial charge in [0, 0.05) is 17.5 Å². The molecule has 0 spiro atoms. The largest absolute Gasteiger partial charge is 0.396 e. The van der Waals surface area contributed by atoms with Crippen LogP contribution in [0.1, 0.15) is 60.1 Å². The summed E-state index contributed by atoms with van der Waals surface area (Å²) in [5, 5.41) is 12.3. The van der Waals surface area contributed by atoms with E-state index in [0.29, 0.717) is 6.42 Å². The van der Waals surface area contributed by atoms with E-state index in [-0.39, 0.29) is 24.0 Å². The molecule has 3 nitrogen and oxygen atoms in total. The van der Waals surface area contributed by atoms with Crippen LogP contribution in [0.15, 0.2) is 6.07 Å². The monoisotopic (exact) mass is 295 g/mol. The minimum atomic E-state index is -0.0464. The molecule has 1 amide bonds. The van der Waals surface area contributed by atoms with Crippen molar-refractivity contribution in [2.45, 2.75) is 58.9 Å². The van der Waals surface area contributed by atoms with Gasteiger partial charge in [-0.2, -0.15) is 0 Å². The van der Waals surface area contributed by atoms with E-state index in [0.717, 1.165) is 17.7 Å². The summed E-state index contributed by atoms with van der Waals surface area (Å²) in [5.41, 5.74) is 1.32. The van der Waals surface area contributed by atoms with Gasteiger partial charge >= 0.3 is 0 Å². The number of aryl methyl sites for hydroxylation is 2. The standard InChI is InChI=1S/C16H25NO2S/c1-16(2,3)14(8-9-18)17-15(19)13-10-11-6-4-5-7-12(11)20-13/h10,14,18H,4-9H2,1-3H3,(H,17,19). The van der Waals surface area contributed by atoms with Crippen LogP contribution in [0, 0.1) is 5.41 Å². The van der Waals surface area contributed by atoms with Gasteiger partial charge in [-0.3, -0.25) is 4.79 Å². The molecule has 2 rings (SSSR count). The smallest absolute Gasteiger partial charge is 0.261 e.